The Bertz CT molecular complexity index is 505. The molecule has 17 heavy (non-hydrogen) atoms. The van der Waals surface area contributed by atoms with Gasteiger partial charge in [0.15, 0.2) is 0 Å². The van der Waals surface area contributed by atoms with Gasteiger partial charge in [-0.2, -0.15) is 4.31 Å². The van der Waals surface area contributed by atoms with Crippen molar-refractivity contribution in [3.63, 3.8) is 0 Å². The van der Waals surface area contributed by atoms with E-state index in [2.05, 4.69) is 15.9 Å². The molecule has 0 saturated heterocycles. The molecule has 0 fully saturated rings. The smallest absolute Gasteiger partial charge is 0.207 e. The first-order chi connectivity index (χ1) is 7.75. The van der Waals surface area contributed by atoms with Crippen LogP contribution in [-0.4, -0.2) is 31.1 Å². The second kappa shape index (κ2) is 5.41. The van der Waals surface area contributed by atoms with Crippen molar-refractivity contribution in [2.45, 2.75) is 16.6 Å². The van der Waals surface area contributed by atoms with Crippen LogP contribution in [0.5, 0.6) is 0 Å². The summed E-state index contributed by atoms with van der Waals surface area (Å²) in [5.41, 5.74) is 0. The molecule has 0 heterocycles. The molecule has 1 rings (SSSR count). The van der Waals surface area contributed by atoms with Gasteiger partial charge in [-0.3, -0.25) is 0 Å². The number of alkyl halides is 1. The summed E-state index contributed by atoms with van der Waals surface area (Å²) < 4.78 is 51.0. The zero-order chi connectivity index (χ0) is 13.2. The predicted octanol–water partition coefficient (Wildman–Crippen LogP) is 2.37. The van der Waals surface area contributed by atoms with E-state index in [-0.39, 0.29) is 11.4 Å². The molecule has 0 aliphatic heterocycles. The first-order valence-electron chi connectivity index (χ1n) is 4.80. The molecule has 1 atom stereocenters. The third-order valence-corrected chi connectivity index (χ3v) is 4.24. The summed E-state index contributed by atoms with van der Waals surface area (Å²) in [5.74, 6) is -1.89. The summed E-state index contributed by atoms with van der Waals surface area (Å²) in [6.45, 7) is 1.96. The van der Waals surface area contributed by atoms with E-state index in [0.717, 1.165) is 16.4 Å². The fourth-order valence-electron chi connectivity index (χ4n) is 1.30. The Morgan fingerprint density at radius 2 is 2.00 bits per heavy atom. The standard InChI is InChI=1S/C10H12BrF2NO2S/c1-7(11)6-14(2)17(15,16)10-4-3-8(12)5-9(10)13/h3-5,7H,6H2,1-2H3. The molecule has 0 spiro atoms. The number of hydrogen-bond acceptors (Lipinski definition) is 2. The lowest BCUT2D eigenvalue weighted by Gasteiger charge is -2.18. The maximum Gasteiger partial charge on any atom is 0.245 e. The van der Waals surface area contributed by atoms with Crippen LogP contribution in [0.25, 0.3) is 0 Å². The van der Waals surface area contributed by atoms with E-state index in [4.69, 9.17) is 0 Å². The molecule has 3 nitrogen and oxygen atoms in total. The van der Waals surface area contributed by atoms with Crippen LogP contribution in [0, 0.1) is 11.6 Å². The zero-order valence-corrected chi connectivity index (χ0v) is 11.7. The van der Waals surface area contributed by atoms with Crippen molar-refractivity contribution in [3.8, 4) is 0 Å². The molecular formula is C10H12BrF2NO2S. The Morgan fingerprint density at radius 1 is 1.41 bits per heavy atom. The van der Waals surface area contributed by atoms with Gasteiger partial charge in [-0.1, -0.05) is 22.9 Å². The Kier molecular flexibility index (Phi) is 4.62. The second-order valence-corrected chi connectivity index (χ2v) is 7.22. The van der Waals surface area contributed by atoms with Gasteiger partial charge in [0.05, 0.1) is 0 Å². The molecule has 0 N–H and O–H groups in total. The van der Waals surface area contributed by atoms with E-state index in [1.807, 2.05) is 0 Å². The van der Waals surface area contributed by atoms with E-state index in [0.29, 0.717) is 6.07 Å². The van der Waals surface area contributed by atoms with Gasteiger partial charge >= 0.3 is 0 Å². The highest BCUT2D eigenvalue weighted by molar-refractivity contribution is 9.09. The quantitative estimate of drug-likeness (QED) is 0.796. The highest BCUT2D eigenvalue weighted by atomic mass is 79.9. The van der Waals surface area contributed by atoms with Crippen LogP contribution >= 0.6 is 15.9 Å². The molecule has 0 aliphatic rings. The summed E-state index contributed by atoms with van der Waals surface area (Å²) in [5, 5.41) is 0. The van der Waals surface area contributed by atoms with Crippen molar-refractivity contribution in [2.24, 2.45) is 0 Å². The van der Waals surface area contributed by atoms with E-state index in [9.17, 15) is 17.2 Å². The van der Waals surface area contributed by atoms with Crippen molar-refractivity contribution in [3.05, 3.63) is 29.8 Å². The number of halogens is 3. The molecular weight excluding hydrogens is 316 g/mol. The molecule has 0 aliphatic carbocycles. The molecule has 96 valence electrons. The Morgan fingerprint density at radius 3 is 2.47 bits per heavy atom. The SMILES string of the molecule is CC(Br)CN(C)S(=O)(=O)c1ccc(F)cc1F. The number of rotatable bonds is 4. The minimum Gasteiger partial charge on any atom is -0.207 e. The lowest BCUT2D eigenvalue weighted by atomic mass is 10.3. The van der Waals surface area contributed by atoms with Gasteiger partial charge in [0.25, 0.3) is 0 Å². The minimum atomic E-state index is -3.92. The molecule has 7 heteroatoms. The average molecular weight is 328 g/mol. The number of hydrogen-bond donors (Lipinski definition) is 0. The minimum absolute atomic E-state index is 0.0641. The molecule has 0 aromatic heterocycles. The van der Waals surface area contributed by atoms with Crippen molar-refractivity contribution in [1.82, 2.24) is 4.31 Å². The largest absolute Gasteiger partial charge is 0.245 e. The zero-order valence-electron chi connectivity index (χ0n) is 9.32. The Hall–Kier alpha value is -0.530. The molecule has 0 radical (unpaired) electrons. The van der Waals surface area contributed by atoms with Crippen molar-refractivity contribution >= 4 is 26.0 Å². The number of nitrogens with zero attached hydrogens (tertiary/aromatic N) is 1. The fraction of sp³-hybridized carbons (Fsp3) is 0.400. The summed E-state index contributed by atoms with van der Waals surface area (Å²) in [7, 11) is -2.58. The maximum absolute atomic E-state index is 13.4. The van der Waals surface area contributed by atoms with Gasteiger partial charge in [-0.05, 0) is 12.1 Å². The van der Waals surface area contributed by atoms with E-state index >= 15 is 0 Å². The topological polar surface area (TPSA) is 37.4 Å². The van der Waals surface area contributed by atoms with Gasteiger partial charge in [-0.15, -0.1) is 0 Å². The Labute approximate surface area is 108 Å². The normalized spacial score (nSPS) is 14.0. The van der Waals surface area contributed by atoms with Crippen LogP contribution in [0.1, 0.15) is 6.92 Å². The van der Waals surface area contributed by atoms with E-state index < -0.39 is 26.6 Å². The van der Waals surface area contributed by atoms with Gasteiger partial charge in [-0.25, -0.2) is 17.2 Å². The van der Waals surface area contributed by atoms with Crippen LogP contribution in [0.2, 0.25) is 0 Å². The summed E-state index contributed by atoms with van der Waals surface area (Å²) in [6, 6.07) is 2.40. The summed E-state index contributed by atoms with van der Waals surface area (Å²) in [4.78, 5) is -0.583. The van der Waals surface area contributed by atoms with Gasteiger partial charge in [0, 0.05) is 24.5 Å². The monoisotopic (exact) mass is 327 g/mol. The van der Waals surface area contributed by atoms with Crippen molar-refractivity contribution in [2.75, 3.05) is 13.6 Å². The van der Waals surface area contributed by atoms with Crippen LogP contribution in [0.4, 0.5) is 8.78 Å². The number of sulfonamides is 1. The molecule has 0 amide bonds. The van der Waals surface area contributed by atoms with Gasteiger partial charge in [0.1, 0.15) is 16.5 Å². The van der Waals surface area contributed by atoms with Crippen molar-refractivity contribution < 1.29 is 17.2 Å². The van der Waals surface area contributed by atoms with Crippen LogP contribution in [-0.2, 0) is 10.0 Å². The molecule has 0 saturated carbocycles. The third kappa shape index (κ3) is 3.46. The predicted molar refractivity (Wildman–Crippen MR) is 64.6 cm³/mol. The lowest BCUT2D eigenvalue weighted by Crippen LogP contribution is -2.31. The number of benzene rings is 1. The van der Waals surface area contributed by atoms with Crippen molar-refractivity contribution in [1.29, 1.82) is 0 Å². The second-order valence-electron chi connectivity index (χ2n) is 3.64. The van der Waals surface area contributed by atoms with Crippen LogP contribution < -0.4 is 0 Å². The molecule has 1 aromatic carbocycles. The molecule has 0 bridgehead atoms. The maximum atomic E-state index is 13.4. The first kappa shape index (κ1) is 14.5. The van der Waals surface area contributed by atoms with E-state index in [1.54, 1.807) is 6.92 Å². The Balaban J connectivity index is 3.13. The summed E-state index contributed by atoms with van der Waals surface area (Å²) >= 11 is 3.21. The molecule has 1 aromatic rings. The summed E-state index contributed by atoms with van der Waals surface area (Å²) in [6.07, 6.45) is 0. The third-order valence-electron chi connectivity index (χ3n) is 2.09. The fourth-order valence-corrected chi connectivity index (χ4v) is 3.23. The first-order valence-corrected chi connectivity index (χ1v) is 7.16. The van der Waals surface area contributed by atoms with Crippen LogP contribution in [0.3, 0.4) is 0 Å². The van der Waals surface area contributed by atoms with Crippen LogP contribution in [0.15, 0.2) is 23.1 Å². The highest BCUT2D eigenvalue weighted by Gasteiger charge is 2.25. The van der Waals surface area contributed by atoms with Gasteiger partial charge in [0.2, 0.25) is 10.0 Å². The molecule has 1 unspecified atom stereocenters. The van der Waals surface area contributed by atoms with Gasteiger partial charge < -0.3 is 0 Å². The lowest BCUT2D eigenvalue weighted by molar-refractivity contribution is 0.465. The highest BCUT2D eigenvalue weighted by Crippen LogP contribution is 2.19. The van der Waals surface area contributed by atoms with E-state index in [1.165, 1.54) is 7.05 Å². The average Bonchev–Trinajstić information content (AvgIpc) is 2.15.